The molecule has 1 rings (SSSR count). The lowest BCUT2D eigenvalue weighted by Crippen LogP contribution is -2.33. The van der Waals surface area contributed by atoms with Gasteiger partial charge in [-0.2, -0.15) is 0 Å². The van der Waals surface area contributed by atoms with Crippen LogP contribution in [0, 0.1) is 11.8 Å². The molecule has 3 N–H and O–H groups in total. The summed E-state index contributed by atoms with van der Waals surface area (Å²) >= 11 is 0. The third kappa shape index (κ3) is 3.66. The zero-order valence-corrected chi connectivity index (χ0v) is 9.25. The van der Waals surface area contributed by atoms with Gasteiger partial charge in [0, 0.05) is 19.0 Å². The van der Waals surface area contributed by atoms with Crippen molar-refractivity contribution in [1.29, 1.82) is 0 Å². The molecule has 1 amide bonds. The number of nitrogens with two attached hydrogens (primary N) is 1. The maximum atomic E-state index is 11.3. The molecular formula is C11H22N2O. The van der Waals surface area contributed by atoms with Crippen LogP contribution in [0.4, 0.5) is 0 Å². The molecule has 3 heteroatoms. The van der Waals surface area contributed by atoms with Gasteiger partial charge in [-0.1, -0.05) is 19.8 Å². The van der Waals surface area contributed by atoms with E-state index in [9.17, 15) is 4.79 Å². The van der Waals surface area contributed by atoms with Crippen molar-refractivity contribution >= 4 is 5.91 Å². The molecule has 0 spiro atoms. The number of amides is 1. The van der Waals surface area contributed by atoms with Crippen LogP contribution in [0.1, 0.15) is 39.5 Å². The van der Waals surface area contributed by atoms with Gasteiger partial charge >= 0.3 is 0 Å². The van der Waals surface area contributed by atoms with Gasteiger partial charge < -0.3 is 11.1 Å². The minimum Gasteiger partial charge on any atom is -0.356 e. The number of carbonyl (C=O) groups excluding carboxylic acids is 1. The summed E-state index contributed by atoms with van der Waals surface area (Å²) in [6.45, 7) is 4.97. The SMILES string of the molecule is CC(N)CC(=O)NCC1CCCC1C. The highest BCUT2D eigenvalue weighted by Crippen LogP contribution is 2.30. The zero-order chi connectivity index (χ0) is 10.6. The van der Waals surface area contributed by atoms with Crippen LogP contribution >= 0.6 is 0 Å². The highest BCUT2D eigenvalue weighted by Gasteiger charge is 2.23. The van der Waals surface area contributed by atoms with Crippen LogP contribution in [0.2, 0.25) is 0 Å². The predicted octanol–water partition coefficient (Wildman–Crippen LogP) is 1.28. The smallest absolute Gasteiger partial charge is 0.221 e. The van der Waals surface area contributed by atoms with E-state index in [1.807, 2.05) is 6.92 Å². The zero-order valence-electron chi connectivity index (χ0n) is 9.25. The number of nitrogens with one attached hydrogen (secondary N) is 1. The monoisotopic (exact) mass is 198 g/mol. The van der Waals surface area contributed by atoms with Crippen LogP contribution in [0.3, 0.4) is 0 Å². The third-order valence-electron chi connectivity index (χ3n) is 3.11. The summed E-state index contributed by atoms with van der Waals surface area (Å²) in [5, 5.41) is 2.97. The molecule has 0 bridgehead atoms. The van der Waals surface area contributed by atoms with Crippen LogP contribution in [0.5, 0.6) is 0 Å². The van der Waals surface area contributed by atoms with Crippen molar-refractivity contribution in [2.24, 2.45) is 17.6 Å². The van der Waals surface area contributed by atoms with E-state index in [-0.39, 0.29) is 11.9 Å². The molecule has 3 atom stereocenters. The first kappa shape index (κ1) is 11.5. The molecule has 3 unspecified atom stereocenters. The summed E-state index contributed by atoms with van der Waals surface area (Å²) in [6, 6.07) is -0.0315. The fraction of sp³-hybridized carbons (Fsp3) is 0.909. The van der Waals surface area contributed by atoms with E-state index in [4.69, 9.17) is 5.73 Å². The highest BCUT2D eigenvalue weighted by atomic mass is 16.1. The van der Waals surface area contributed by atoms with Gasteiger partial charge in [-0.05, 0) is 25.2 Å². The average molecular weight is 198 g/mol. The van der Waals surface area contributed by atoms with Crippen LogP contribution in [0.25, 0.3) is 0 Å². The van der Waals surface area contributed by atoms with Crippen LogP contribution in [-0.4, -0.2) is 18.5 Å². The second-order valence-corrected chi connectivity index (χ2v) is 4.65. The van der Waals surface area contributed by atoms with E-state index >= 15 is 0 Å². The molecule has 0 heterocycles. The third-order valence-corrected chi connectivity index (χ3v) is 3.11. The Labute approximate surface area is 86.4 Å². The van der Waals surface area contributed by atoms with E-state index < -0.39 is 0 Å². The molecule has 0 aliphatic heterocycles. The van der Waals surface area contributed by atoms with Crippen LogP contribution < -0.4 is 11.1 Å². The van der Waals surface area contributed by atoms with Crippen LogP contribution in [0.15, 0.2) is 0 Å². The van der Waals surface area contributed by atoms with Crippen molar-refractivity contribution in [1.82, 2.24) is 5.32 Å². The Morgan fingerprint density at radius 3 is 2.79 bits per heavy atom. The van der Waals surface area contributed by atoms with Crippen LogP contribution in [-0.2, 0) is 4.79 Å². The van der Waals surface area contributed by atoms with Gasteiger partial charge in [-0.15, -0.1) is 0 Å². The van der Waals surface area contributed by atoms with Gasteiger partial charge in [0.15, 0.2) is 0 Å². The van der Waals surface area contributed by atoms with E-state index in [1.165, 1.54) is 19.3 Å². The summed E-state index contributed by atoms with van der Waals surface area (Å²) in [5.41, 5.74) is 5.54. The van der Waals surface area contributed by atoms with E-state index in [2.05, 4.69) is 12.2 Å². The number of rotatable bonds is 4. The fourth-order valence-corrected chi connectivity index (χ4v) is 2.14. The Balaban J connectivity index is 2.16. The molecule has 1 aliphatic rings. The minimum absolute atomic E-state index is 0.0315. The molecule has 0 aromatic rings. The number of carbonyl (C=O) groups is 1. The molecule has 1 saturated carbocycles. The predicted molar refractivity (Wildman–Crippen MR) is 57.8 cm³/mol. The first-order chi connectivity index (χ1) is 6.59. The Hall–Kier alpha value is -0.570. The van der Waals surface area contributed by atoms with Crippen molar-refractivity contribution in [3.8, 4) is 0 Å². The first-order valence-corrected chi connectivity index (χ1v) is 5.62. The van der Waals surface area contributed by atoms with Gasteiger partial charge in [0.05, 0.1) is 0 Å². The minimum atomic E-state index is -0.0315. The molecule has 1 fully saturated rings. The van der Waals surface area contributed by atoms with Crippen molar-refractivity contribution in [3.05, 3.63) is 0 Å². The molecule has 1 aliphatic carbocycles. The summed E-state index contributed by atoms with van der Waals surface area (Å²) < 4.78 is 0. The van der Waals surface area contributed by atoms with E-state index in [0.717, 1.165) is 12.5 Å². The van der Waals surface area contributed by atoms with Crippen molar-refractivity contribution in [3.63, 3.8) is 0 Å². The average Bonchev–Trinajstić information content (AvgIpc) is 2.46. The first-order valence-electron chi connectivity index (χ1n) is 5.62. The lowest BCUT2D eigenvalue weighted by atomic mass is 9.98. The summed E-state index contributed by atoms with van der Waals surface area (Å²) in [6.07, 6.45) is 4.34. The van der Waals surface area contributed by atoms with Gasteiger partial charge in [0.2, 0.25) is 5.91 Å². The van der Waals surface area contributed by atoms with E-state index in [1.54, 1.807) is 0 Å². The molecule has 0 radical (unpaired) electrons. The van der Waals surface area contributed by atoms with Crippen molar-refractivity contribution in [2.45, 2.75) is 45.6 Å². The largest absolute Gasteiger partial charge is 0.356 e. The van der Waals surface area contributed by atoms with Gasteiger partial charge in [-0.3, -0.25) is 4.79 Å². The lowest BCUT2D eigenvalue weighted by molar-refractivity contribution is -0.121. The Morgan fingerprint density at radius 1 is 1.57 bits per heavy atom. The van der Waals surface area contributed by atoms with Gasteiger partial charge in [0.1, 0.15) is 0 Å². The van der Waals surface area contributed by atoms with Crippen molar-refractivity contribution in [2.75, 3.05) is 6.54 Å². The molecular weight excluding hydrogens is 176 g/mol. The van der Waals surface area contributed by atoms with Gasteiger partial charge in [0.25, 0.3) is 0 Å². The van der Waals surface area contributed by atoms with Crippen molar-refractivity contribution < 1.29 is 4.79 Å². The summed E-state index contributed by atoms with van der Waals surface area (Å²) in [4.78, 5) is 11.3. The standard InChI is InChI=1S/C11H22N2O/c1-8-4-3-5-10(8)7-13-11(14)6-9(2)12/h8-10H,3-7,12H2,1-2H3,(H,13,14). The highest BCUT2D eigenvalue weighted by molar-refractivity contribution is 5.76. The normalized spacial score (nSPS) is 28.8. The maximum Gasteiger partial charge on any atom is 0.221 e. The summed E-state index contributed by atoms with van der Waals surface area (Å²) in [7, 11) is 0. The molecule has 3 nitrogen and oxygen atoms in total. The second kappa shape index (κ2) is 5.35. The van der Waals surface area contributed by atoms with E-state index in [0.29, 0.717) is 12.3 Å². The Kier molecular flexibility index (Phi) is 4.39. The topological polar surface area (TPSA) is 55.1 Å². The van der Waals surface area contributed by atoms with Gasteiger partial charge in [-0.25, -0.2) is 0 Å². The molecule has 0 saturated heterocycles. The lowest BCUT2D eigenvalue weighted by Gasteiger charge is -2.16. The second-order valence-electron chi connectivity index (χ2n) is 4.65. The summed E-state index contributed by atoms with van der Waals surface area (Å²) in [5.74, 6) is 1.55. The number of hydrogen-bond acceptors (Lipinski definition) is 2. The Bertz CT molecular complexity index is 192. The molecule has 82 valence electrons. The molecule has 0 aromatic carbocycles. The molecule has 0 aromatic heterocycles. The fourth-order valence-electron chi connectivity index (χ4n) is 2.14. The Morgan fingerprint density at radius 2 is 2.29 bits per heavy atom. The number of hydrogen-bond donors (Lipinski definition) is 2. The maximum absolute atomic E-state index is 11.3. The quantitative estimate of drug-likeness (QED) is 0.715. The molecule has 14 heavy (non-hydrogen) atoms.